The highest BCUT2D eigenvalue weighted by Crippen LogP contribution is 2.75. The van der Waals surface area contributed by atoms with Crippen molar-refractivity contribution in [1.82, 2.24) is 5.01 Å². The molecule has 6 atom stereocenters. The third-order valence-corrected chi connectivity index (χ3v) is 6.54. The number of esters is 2. The summed E-state index contributed by atoms with van der Waals surface area (Å²) in [5.74, 6) is 3.51. The maximum Gasteiger partial charge on any atom is 0.319 e. The first-order chi connectivity index (χ1) is 10.9. The smallest absolute Gasteiger partial charge is 0.319 e. The highest BCUT2D eigenvalue weighted by Gasteiger charge is 2.92. The van der Waals surface area contributed by atoms with Crippen LogP contribution in [0.1, 0.15) is 33.6 Å². The van der Waals surface area contributed by atoms with E-state index in [4.69, 9.17) is 15.3 Å². The van der Waals surface area contributed by atoms with E-state index in [1.165, 1.54) is 0 Å². The molecule has 132 valence electrons. The van der Waals surface area contributed by atoms with Crippen LogP contribution in [0, 0.1) is 16.2 Å². The Morgan fingerprint density at radius 1 is 1.25 bits per heavy atom. The number of hydrogen-bond donors (Lipinski definition) is 3. The molecule has 1 aliphatic carbocycles. The number of aliphatic hydroxyl groups excluding tert-OH is 1. The summed E-state index contributed by atoms with van der Waals surface area (Å²) < 4.78 is 10.6. The second-order valence-electron chi connectivity index (χ2n) is 8.22. The summed E-state index contributed by atoms with van der Waals surface area (Å²) in [6.45, 7) is 5.19. The van der Waals surface area contributed by atoms with Crippen molar-refractivity contribution in [2.45, 2.75) is 57.6 Å². The van der Waals surface area contributed by atoms with Crippen LogP contribution in [0.15, 0.2) is 0 Å². The number of nitrogens with two attached hydrogens (primary N) is 1. The molecule has 0 aromatic rings. The molecule has 1 saturated carbocycles. The van der Waals surface area contributed by atoms with E-state index < -0.39 is 58.1 Å². The molecule has 0 aromatic heterocycles. The second kappa shape index (κ2) is 3.92. The van der Waals surface area contributed by atoms with Gasteiger partial charge < -0.3 is 19.7 Å². The van der Waals surface area contributed by atoms with Gasteiger partial charge in [-0.3, -0.25) is 14.4 Å². The Kier molecular flexibility index (Phi) is 2.58. The first kappa shape index (κ1) is 15.8. The summed E-state index contributed by atoms with van der Waals surface area (Å²) in [7, 11) is 0. The fourth-order valence-electron chi connectivity index (χ4n) is 5.43. The van der Waals surface area contributed by atoms with Gasteiger partial charge in [-0.2, -0.15) is 0 Å². The summed E-state index contributed by atoms with van der Waals surface area (Å²) in [5, 5.41) is 23.1. The average Bonchev–Trinajstić information content (AvgIpc) is 3.04. The number of rotatable bonds is 0. The standard InChI is InChI=1S/C15H20N2O7/c1-12(2,3)14(22)4-6-13(5-7(18)23-6)11(21)24-10-15(13,14)8(19)9(20)17(10)16/h6,8,10,19,22H,4-5,16H2,1-3H3/t6-,8-,10-,13-,14+,15?/m0/s1. The van der Waals surface area contributed by atoms with Gasteiger partial charge in [0.1, 0.15) is 23.0 Å². The van der Waals surface area contributed by atoms with E-state index in [9.17, 15) is 24.6 Å². The maximum absolute atomic E-state index is 12.8. The molecule has 4 rings (SSSR count). The lowest BCUT2D eigenvalue weighted by Gasteiger charge is -2.50. The molecular formula is C15H20N2O7. The molecule has 9 nitrogen and oxygen atoms in total. The van der Waals surface area contributed by atoms with Gasteiger partial charge in [0, 0.05) is 6.42 Å². The van der Waals surface area contributed by atoms with Crippen molar-refractivity contribution < 1.29 is 34.1 Å². The van der Waals surface area contributed by atoms with Crippen LogP contribution in [0.25, 0.3) is 0 Å². The van der Waals surface area contributed by atoms with Crippen LogP contribution in [0.2, 0.25) is 0 Å². The zero-order valence-electron chi connectivity index (χ0n) is 13.6. The summed E-state index contributed by atoms with van der Waals surface area (Å²) >= 11 is 0. The van der Waals surface area contributed by atoms with Gasteiger partial charge in [0.05, 0.1) is 12.0 Å². The van der Waals surface area contributed by atoms with E-state index in [-0.39, 0.29) is 12.8 Å². The van der Waals surface area contributed by atoms with Gasteiger partial charge in [0.25, 0.3) is 5.91 Å². The summed E-state index contributed by atoms with van der Waals surface area (Å²) in [6.07, 6.45) is -4.53. The molecule has 1 unspecified atom stereocenters. The summed E-state index contributed by atoms with van der Waals surface area (Å²) in [4.78, 5) is 37.1. The van der Waals surface area contributed by atoms with E-state index in [1.807, 2.05) is 0 Å². The van der Waals surface area contributed by atoms with E-state index in [1.54, 1.807) is 20.8 Å². The molecule has 4 N–H and O–H groups in total. The monoisotopic (exact) mass is 340 g/mol. The highest BCUT2D eigenvalue weighted by molar-refractivity contribution is 5.96. The fraction of sp³-hybridized carbons (Fsp3) is 0.800. The summed E-state index contributed by atoms with van der Waals surface area (Å²) in [6, 6.07) is 0. The number of hydrogen-bond acceptors (Lipinski definition) is 8. The molecule has 9 heteroatoms. The van der Waals surface area contributed by atoms with Crippen LogP contribution < -0.4 is 5.84 Å². The van der Waals surface area contributed by atoms with Crippen molar-refractivity contribution in [1.29, 1.82) is 0 Å². The fourth-order valence-corrected chi connectivity index (χ4v) is 5.43. The molecule has 1 amide bonds. The largest absolute Gasteiger partial charge is 0.461 e. The molecule has 24 heavy (non-hydrogen) atoms. The van der Waals surface area contributed by atoms with Gasteiger partial charge in [0.15, 0.2) is 0 Å². The molecule has 4 fully saturated rings. The van der Waals surface area contributed by atoms with Gasteiger partial charge in [-0.05, 0) is 5.41 Å². The van der Waals surface area contributed by atoms with Crippen LogP contribution in [0.3, 0.4) is 0 Å². The Balaban J connectivity index is 2.07. The van der Waals surface area contributed by atoms with Crippen molar-refractivity contribution in [2.24, 2.45) is 22.1 Å². The highest BCUT2D eigenvalue weighted by atomic mass is 16.6. The molecular weight excluding hydrogens is 320 g/mol. The topological polar surface area (TPSA) is 139 Å². The number of ether oxygens (including phenoxy) is 2. The minimum Gasteiger partial charge on any atom is -0.461 e. The zero-order chi connectivity index (χ0) is 17.9. The lowest BCUT2D eigenvalue weighted by atomic mass is 9.52. The third-order valence-electron chi connectivity index (χ3n) is 6.54. The predicted molar refractivity (Wildman–Crippen MR) is 75.3 cm³/mol. The van der Waals surface area contributed by atoms with Crippen LogP contribution in [-0.4, -0.2) is 57.1 Å². The molecule has 3 heterocycles. The normalized spacial score (nSPS) is 49.8. The van der Waals surface area contributed by atoms with Crippen molar-refractivity contribution in [3.63, 3.8) is 0 Å². The SMILES string of the molecule is CC(C)(C)[C@]1(O)C[C@@H]2OC(=O)C[C@@]23C(=O)O[C@@H]2N(N)C(=O)[C@H](O)C213. The van der Waals surface area contributed by atoms with Crippen LogP contribution >= 0.6 is 0 Å². The first-order valence-corrected chi connectivity index (χ1v) is 7.84. The predicted octanol–water partition coefficient (Wildman–Crippen LogP) is -1.58. The van der Waals surface area contributed by atoms with Gasteiger partial charge >= 0.3 is 11.9 Å². The molecule has 2 spiro atoms. The minimum atomic E-state index is -1.78. The zero-order valence-corrected chi connectivity index (χ0v) is 13.6. The number of aliphatic hydroxyl groups is 2. The average molecular weight is 340 g/mol. The van der Waals surface area contributed by atoms with Gasteiger partial charge in [0.2, 0.25) is 6.23 Å². The van der Waals surface area contributed by atoms with Crippen molar-refractivity contribution in [3.05, 3.63) is 0 Å². The van der Waals surface area contributed by atoms with Gasteiger partial charge in [-0.1, -0.05) is 20.8 Å². The van der Waals surface area contributed by atoms with E-state index in [2.05, 4.69) is 0 Å². The Morgan fingerprint density at radius 2 is 1.88 bits per heavy atom. The van der Waals surface area contributed by atoms with E-state index in [0.717, 1.165) is 0 Å². The van der Waals surface area contributed by atoms with Crippen molar-refractivity contribution in [3.8, 4) is 0 Å². The van der Waals surface area contributed by atoms with Crippen molar-refractivity contribution >= 4 is 17.8 Å². The van der Waals surface area contributed by atoms with Crippen LogP contribution in [0.4, 0.5) is 0 Å². The van der Waals surface area contributed by atoms with E-state index in [0.29, 0.717) is 5.01 Å². The lowest BCUT2D eigenvalue weighted by Crippen LogP contribution is -2.65. The number of carbonyl (C=O) groups excluding carboxylic acids is 3. The summed E-state index contributed by atoms with van der Waals surface area (Å²) in [5.41, 5.74) is -5.96. The van der Waals surface area contributed by atoms with Crippen LogP contribution in [0.5, 0.6) is 0 Å². The molecule has 0 bridgehead atoms. The number of nitrogens with zero attached hydrogens (tertiary/aromatic N) is 1. The Morgan fingerprint density at radius 3 is 2.46 bits per heavy atom. The van der Waals surface area contributed by atoms with E-state index >= 15 is 0 Å². The first-order valence-electron chi connectivity index (χ1n) is 7.84. The Bertz CT molecular complexity index is 688. The molecule has 3 aliphatic heterocycles. The molecule has 0 aromatic carbocycles. The third kappa shape index (κ3) is 1.20. The van der Waals surface area contributed by atoms with Crippen LogP contribution in [-0.2, 0) is 23.9 Å². The number of amides is 1. The number of hydrazine groups is 1. The Hall–Kier alpha value is -1.71. The van der Waals surface area contributed by atoms with Gasteiger partial charge in [-0.25, -0.2) is 10.9 Å². The Labute approximate surface area is 137 Å². The molecule has 4 aliphatic rings. The number of carbonyl (C=O) groups is 3. The minimum absolute atomic E-state index is 0.0774. The molecule has 0 radical (unpaired) electrons. The second-order valence-corrected chi connectivity index (χ2v) is 8.22. The van der Waals surface area contributed by atoms with Gasteiger partial charge in [-0.15, -0.1) is 0 Å². The molecule has 3 saturated heterocycles. The lowest BCUT2D eigenvalue weighted by molar-refractivity contribution is -0.212. The maximum atomic E-state index is 12.8. The van der Waals surface area contributed by atoms with Crippen molar-refractivity contribution in [2.75, 3.05) is 0 Å². The quantitative estimate of drug-likeness (QED) is 0.273.